The zero-order valence-electron chi connectivity index (χ0n) is 11.0. The standard InChI is InChI=1S/C17H13NO2/c1-20-14-6-4-5-12(9-14)17-10-13(11-19)15-7-2-3-8-16(15)18-17/h2-11H,1H3. The van der Waals surface area contributed by atoms with E-state index in [-0.39, 0.29) is 0 Å². The molecule has 0 unspecified atom stereocenters. The van der Waals surface area contributed by atoms with Gasteiger partial charge in [0.1, 0.15) is 5.75 Å². The van der Waals surface area contributed by atoms with E-state index in [1.54, 1.807) is 7.11 Å². The van der Waals surface area contributed by atoms with Gasteiger partial charge in [0.05, 0.1) is 18.3 Å². The SMILES string of the molecule is COc1cccc(-c2cc(C=O)c3ccccc3n2)c1. The van der Waals surface area contributed by atoms with Crippen LogP contribution in [-0.4, -0.2) is 18.4 Å². The molecule has 3 heteroatoms. The molecule has 0 aliphatic carbocycles. The molecule has 1 aromatic heterocycles. The smallest absolute Gasteiger partial charge is 0.150 e. The summed E-state index contributed by atoms with van der Waals surface area (Å²) in [4.78, 5) is 15.9. The molecule has 3 aromatic rings. The zero-order chi connectivity index (χ0) is 13.9. The molecule has 3 nitrogen and oxygen atoms in total. The van der Waals surface area contributed by atoms with E-state index < -0.39 is 0 Å². The number of hydrogen-bond acceptors (Lipinski definition) is 3. The van der Waals surface area contributed by atoms with Crippen LogP contribution in [0.4, 0.5) is 0 Å². The minimum atomic E-state index is 0.647. The van der Waals surface area contributed by atoms with Crippen LogP contribution in [-0.2, 0) is 0 Å². The summed E-state index contributed by atoms with van der Waals surface area (Å²) in [7, 11) is 1.63. The van der Waals surface area contributed by atoms with Crippen molar-refractivity contribution in [2.45, 2.75) is 0 Å². The van der Waals surface area contributed by atoms with Gasteiger partial charge in [0.15, 0.2) is 6.29 Å². The number of ether oxygens (including phenoxy) is 1. The Balaban J connectivity index is 2.23. The first kappa shape index (κ1) is 12.4. The van der Waals surface area contributed by atoms with Crippen molar-refractivity contribution in [3.63, 3.8) is 0 Å². The van der Waals surface area contributed by atoms with E-state index in [1.165, 1.54) is 0 Å². The second kappa shape index (κ2) is 5.13. The molecule has 98 valence electrons. The summed E-state index contributed by atoms with van der Waals surface area (Å²) in [5.74, 6) is 0.769. The number of aldehydes is 1. The van der Waals surface area contributed by atoms with E-state index in [0.717, 1.165) is 34.2 Å². The monoisotopic (exact) mass is 263 g/mol. The molecule has 0 radical (unpaired) electrons. The van der Waals surface area contributed by atoms with Crippen molar-refractivity contribution in [2.24, 2.45) is 0 Å². The van der Waals surface area contributed by atoms with Crippen LogP contribution in [0.3, 0.4) is 0 Å². The maximum absolute atomic E-state index is 11.3. The van der Waals surface area contributed by atoms with Crippen LogP contribution in [0.5, 0.6) is 5.75 Å². The predicted molar refractivity (Wildman–Crippen MR) is 79.1 cm³/mol. The quantitative estimate of drug-likeness (QED) is 0.676. The molecule has 0 N–H and O–H groups in total. The van der Waals surface area contributed by atoms with Gasteiger partial charge in [-0.15, -0.1) is 0 Å². The molecule has 20 heavy (non-hydrogen) atoms. The minimum Gasteiger partial charge on any atom is -0.497 e. The Morgan fingerprint density at radius 1 is 1.05 bits per heavy atom. The molecule has 0 amide bonds. The number of nitrogens with zero attached hydrogens (tertiary/aromatic N) is 1. The second-order valence-electron chi connectivity index (χ2n) is 4.46. The lowest BCUT2D eigenvalue weighted by Crippen LogP contribution is -1.92. The van der Waals surface area contributed by atoms with Crippen molar-refractivity contribution in [1.29, 1.82) is 0 Å². The Morgan fingerprint density at radius 3 is 2.70 bits per heavy atom. The van der Waals surface area contributed by atoms with Gasteiger partial charge in [-0.3, -0.25) is 4.79 Å². The molecule has 0 bridgehead atoms. The fourth-order valence-electron chi connectivity index (χ4n) is 2.23. The van der Waals surface area contributed by atoms with Crippen LogP contribution in [0.1, 0.15) is 10.4 Å². The van der Waals surface area contributed by atoms with E-state index in [4.69, 9.17) is 4.74 Å². The fraction of sp³-hybridized carbons (Fsp3) is 0.0588. The van der Waals surface area contributed by atoms with Gasteiger partial charge < -0.3 is 4.74 Å². The second-order valence-corrected chi connectivity index (χ2v) is 4.46. The Hall–Kier alpha value is -2.68. The van der Waals surface area contributed by atoms with Gasteiger partial charge in [-0.2, -0.15) is 0 Å². The summed E-state index contributed by atoms with van der Waals surface area (Å²) in [6.07, 6.45) is 0.869. The molecule has 0 atom stereocenters. The van der Waals surface area contributed by atoms with Gasteiger partial charge in [0.2, 0.25) is 0 Å². The number of fused-ring (bicyclic) bond motifs is 1. The molecule has 0 aliphatic rings. The van der Waals surface area contributed by atoms with Crippen molar-refractivity contribution >= 4 is 17.2 Å². The van der Waals surface area contributed by atoms with Gasteiger partial charge >= 0.3 is 0 Å². The summed E-state index contributed by atoms with van der Waals surface area (Å²) in [6, 6.07) is 17.1. The van der Waals surface area contributed by atoms with Crippen LogP contribution < -0.4 is 4.74 Å². The van der Waals surface area contributed by atoms with Gasteiger partial charge in [-0.05, 0) is 24.3 Å². The summed E-state index contributed by atoms with van der Waals surface area (Å²) < 4.78 is 5.22. The van der Waals surface area contributed by atoms with E-state index in [0.29, 0.717) is 5.56 Å². The molecule has 0 saturated heterocycles. The number of hydrogen-bond donors (Lipinski definition) is 0. The van der Waals surface area contributed by atoms with E-state index in [2.05, 4.69) is 4.98 Å². The molecule has 0 spiro atoms. The lowest BCUT2D eigenvalue weighted by Gasteiger charge is -2.07. The first-order chi connectivity index (χ1) is 9.81. The molecular formula is C17H13NO2. The summed E-state index contributed by atoms with van der Waals surface area (Å²) >= 11 is 0. The number of carbonyl (C=O) groups excluding carboxylic acids is 1. The highest BCUT2D eigenvalue weighted by atomic mass is 16.5. The highest BCUT2D eigenvalue weighted by Gasteiger charge is 2.07. The van der Waals surface area contributed by atoms with Gasteiger partial charge in [0.25, 0.3) is 0 Å². The van der Waals surface area contributed by atoms with Crippen molar-refractivity contribution < 1.29 is 9.53 Å². The van der Waals surface area contributed by atoms with Crippen LogP contribution in [0.25, 0.3) is 22.2 Å². The first-order valence-corrected chi connectivity index (χ1v) is 6.31. The number of para-hydroxylation sites is 1. The normalized spacial score (nSPS) is 10.4. The lowest BCUT2D eigenvalue weighted by molar-refractivity contribution is 0.112. The Kier molecular flexibility index (Phi) is 3.17. The number of benzene rings is 2. The summed E-state index contributed by atoms with van der Waals surface area (Å²) in [5.41, 5.74) is 3.16. The van der Waals surface area contributed by atoms with Gasteiger partial charge in [0, 0.05) is 16.5 Å². The van der Waals surface area contributed by atoms with Crippen LogP contribution in [0.2, 0.25) is 0 Å². The maximum Gasteiger partial charge on any atom is 0.150 e. The van der Waals surface area contributed by atoms with Gasteiger partial charge in [-0.1, -0.05) is 30.3 Å². The van der Waals surface area contributed by atoms with Crippen LogP contribution >= 0.6 is 0 Å². The summed E-state index contributed by atoms with van der Waals surface area (Å²) in [5, 5.41) is 0.870. The van der Waals surface area contributed by atoms with E-state index >= 15 is 0 Å². The number of carbonyl (C=O) groups is 1. The molecule has 3 rings (SSSR count). The topological polar surface area (TPSA) is 39.2 Å². The van der Waals surface area contributed by atoms with Crippen LogP contribution in [0, 0.1) is 0 Å². The highest BCUT2D eigenvalue weighted by Crippen LogP contribution is 2.26. The number of aromatic nitrogens is 1. The van der Waals surface area contributed by atoms with Crippen LogP contribution in [0.15, 0.2) is 54.6 Å². The van der Waals surface area contributed by atoms with Crippen molar-refractivity contribution in [3.8, 4) is 17.0 Å². The average molecular weight is 263 g/mol. The van der Waals surface area contributed by atoms with Gasteiger partial charge in [-0.25, -0.2) is 4.98 Å². The molecule has 2 aromatic carbocycles. The molecular weight excluding hydrogens is 250 g/mol. The van der Waals surface area contributed by atoms with Crippen molar-refractivity contribution in [3.05, 3.63) is 60.2 Å². The number of methoxy groups -OCH3 is 1. The largest absolute Gasteiger partial charge is 0.497 e. The minimum absolute atomic E-state index is 0.647. The number of pyridine rings is 1. The maximum atomic E-state index is 11.3. The summed E-state index contributed by atoms with van der Waals surface area (Å²) in [6.45, 7) is 0. The Morgan fingerprint density at radius 2 is 1.90 bits per heavy atom. The predicted octanol–water partition coefficient (Wildman–Crippen LogP) is 3.72. The third-order valence-corrected chi connectivity index (χ3v) is 3.24. The molecule has 1 heterocycles. The fourth-order valence-corrected chi connectivity index (χ4v) is 2.23. The van der Waals surface area contributed by atoms with E-state index in [9.17, 15) is 4.79 Å². The van der Waals surface area contributed by atoms with Crippen molar-refractivity contribution in [1.82, 2.24) is 4.98 Å². The third kappa shape index (κ3) is 2.14. The Labute approximate surface area is 116 Å². The Bertz CT molecular complexity index is 781. The molecule has 0 aliphatic heterocycles. The highest BCUT2D eigenvalue weighted by molar-refractivity contribution is 5.98. The first-order valence-electron chi connectivity index (χ1n) is 6.31. The molecule has 0 saturated carbocycles. The molecule has 0 fully saturated rings. The van der Waals surface area contributed by atoms with E-state index in [1.807, 2.05) is 54.6 Å². The average Bonchev–Trinajstić information content (AvgIpc) is 2.53. The lowest BCUT2D eigenvalue weighted by atomic mass is 10.0. The third-order valence-electron chi connectivity index (χ3n) is 3.24. The zero-order valence-corrected chi connectivity index (χ0v) is 11.0. The van der Waals surface area contributed by atoms with Crippen molar-refractivity contribution in [2.75, 3.05) is 7.11 Å². The number of rotatable bonds is 3.